The van der Waals surface area contributed by atoms with E-state index in [9.17, 15) is 4.79 Å². The second kappa shape index (κ2) is 4.24. The molecule has 74 valence electrons. The molecular weight excluding hydrogens is 210 g/mol. The summed E-state index contributed by atoms with van der Waals surface area (Å²) in [5.74, 6) is -0.0806. The quantitative estimate of drug-likeness (QED) is 0.724. The van der Waals surface area contributed by atoms with Crippen LogP contribution in [0.25, 0.3) is 0 Å². The van der Waals surface area contributed by atoms with Crippen LogP contribution in [0.2, 0.25) is 5.02 Å². The van der Waals surface area contributed by atoms with Crippen LogP contribution in [0, 0.1) is 0 Å². The molecular formula is C12H8ClNO. The number of pyridine rings is 1. The Hall–Kier alpha value is -1.67. The number of benzene rings is 1. The molecule has 0 aliphatic carbocycles. The van der Waals surface area contributed by atoms with Crippen LogP contribution in [0.1, 0.15) is 15.9 Å². The fraction of sp³-hybridized carbons (Fsp3) is 0. The Balaban J connectivity index is 2.42. The first-order valence-electron chi connectivity index (χ1n) is 4.48. The van der Waals surface area contributed by atoms with Crippen molar-refractivity contribution in [3.63, 3.8) is 0 Å². The van der Waals surface area contributed by atoms with Gasteiger partial charge in [-0.1, -0.05) is 23.7 Å². The molecule has 0 N–H and O–H groups in total. The van der Waals surface area contributed by atoms with Crippen molar-refractivity contribution in [1.82, 2.24) is 4.98 Å². The first-order chi connectivity index (χ1) is 7.29. The molecule has 0 aliphatic heterocycles. The highest BCUT2D eigenvalue weighted by molar-refractivity contribution is 6.34. The Bertz CT molecular complexity index is 482. The highest BCUT2D eigenvalue weighted by Gasteiger charge is 2.11. The number of halogens is 1. The Kier molecular flexibility index (Phi) is 2.79. The van der Waals surface area contributed by atoms with Crippen LogP contribution >= 0.6 is 11.6 Å². The van der Waals surface area contributed by atoms with Crippen LogP contribution in [0.4, 0.5) is 0 Å². The number of aromatic nitrogens is 1. The maximum absolute atomic E-state index is 12.0. The SMILES string of the molecule is O=C(c1ccncc1)c1ccccc1Cl. The minimum atomic E-state index is -0.0806. The number of carbonyl (C=O) groups excluding carboxylic acids is 1. The molecule has 3 heteroatoms. The van der Waals surface area contributed by atoms with E-state index in [1.54, 1.807) is 48.8 Å². The van der Waals surface area contributed by atoms with E-state index in [0.717, 1.165) is 0 Å². The lowest BCUT2D eigenvalue weighted by atomic mass is 10.0. The summed E-state index contributed by atoms with van der Waals surface area (Å²) in [6.07, 6.45) is 3.17. The van der Waals surface area contributed by atoms with Gasteiger partial charge in [0.2, 0.25) is 0 Å². The summed E-state index contributed by atoms with van der Waals surface area (Å²) < 4.78 is 0. The van der Waals surface area contributed by atoms with Crippen molar-refractivity contribution in [2.24, 2.45) is 0 Å². The van der Waals surface area contributed by atoms with Gasteiger partial charge in [-0.3, -0.25) is 9.78 Å². The summed E-state index contributed by atoms with van der Waals surface area (Å²) >= 11 is 5.93. The highest BCUT2D eigenvalue weighted by Crippen LogP contribution is 2.18. The Morgan fingerprint density at radius 1 is 1.07 bits per heavy atom. The lowest BCUT2D eigenvalue weighted by molar-refractivity contribution is 0.103. The zero-order valence-corrected chi connectivity index (χ0v) is 8.61. The van der Waals surface area contributed by atoms with E-state index < -0.39 is 0 Å². The molecule has 1 aromatic heterocycles. The smallest absolute Gasteiger partial charge is 0.194 e. The van der Waals surface area contributed by atoms with Crippen molar-refractivity contribution < 1.29 is 4.79 Å². The van der Waals surface area contributed by atoms with Gasteiger partial charge in [-0.05, 0) is 24.3 Å². The molecule has 0 radical (unpaired) electrons. The lowest BCUT2D eigenvalue weighted by Crippen LogP contribution is -2.01. The summed E-state index contributed by atoms with van der Waals surface area (Å²) in [6.45, 7) is 0. The van der Waals surface area contributed by atoms with Crippen LogP contribution in [0.15, 0.2) is 48.8 Å². The van der Waals surface area contributed by atoms with Crippen LogP contribution in [0.3, 0.4) is 0 Å². The first-order valence-corrected chi connectivity index (χ1v) is 4.86. The van der Waals surface area contributed by atoms with Crippen LogP contribution in [-0.2, 0) is 0 Å². The largest absolute Gasteiger partial charge is 0.289 e. The number of ketones is 1. The predicted octanol–water partition coefficient (Wildman–Crippen LogP) is 2.97. The monoisotopic (exact) mass is 217 g/mol. The summed E-state index contributed by atoms with van der Waals surface area (Å²) in [5, 5.41) is 0.472. The van der Waals surface area contributed by atoms with Gasteiger partial charge < -0.3 is 0 Å². The molecule has 0 fully saturated rings. The van der Waals surface area contributed by atoms with Gasteiger partial charge in [0.05, 0.1) is 5.02 Å². The van der Waals surface area contributed by atoms with E-state index >= 15 is 0 Å². The van der Waals surface area contributed by atoms with Gasteiger partial charge >= 0.3 is 0 Å². The fourth-order valence-electron chi connectivity index (χ4n) is 1.30. The van der Waals surface area contributed by atoms with Crippen LogP contribution in [0.5, 0.6) is 0 Å². The standard InChI is InChI=1S/C12H8ClNO/c13-11-4-2-1-3-10(11)12(15)9-5-7-14-8-6-9/h1-8H. The molecule has 1 aromatic carbocycles. The molecule has 0 aliphatic rings. The Labute approximate surface area is 92.5 Å². The van der Waals surface area contributed by atoms with E-state index in [1.165, 1.54) is 0 Å². The number of carbonyl (C=O) groups is 1. The third-order valence-electron chi connectivity index (χ3n) is 2.06. The molecule has 0 saturated carbocycles. The van der Waals surface area contributed by atoms with Crippen LogP contribution < -0.4 is 0 Å². The van der Waals surface area contributed by atoms with Gasteiger partial charge in [-0.25, -0.2) is 0 Å². The number of nitrogens with zero attached hydrogens (tertiary/aromatic N) is 1. The van der Waals surface area contributed by atoms with Crippen molar-refractivity contribution >= 4 is 17.4 Å². The predicted molar refractivity (Wildman–Crippen MR) is 59.1 cm³/mol. The molecule has 0 bridgehead atoms. The summed E-state index contributed by atoms with van der Waals surface area (Å²) in [7, 11) is 0. The summed E-state index contributed by atoms with van der Waals surface area (Å²) in [5.41, 5.74) is 1.11. The molecule has 0 atom stereocenters. The van der Waals surface area contributed by atoms with Crippen molar-refractivity contribution in [3.8, 4) is 0 Å². The second-order valence-electron chi connectivity index (χ2n) is 3.04. The molecule has 0 saturated heterocycles. The maximum Gasteiger partial charge on any atom is 0.194 e. The Morgan fingerprint density at radius 2 is 1.73 bits per heavy atom. The minimum absolute atomic E-state index is 0.0806. The van der Waals surface area contributed by atoms with Gasteiger partial charge in [0.1, 0.15) is 0 Å². The first kappa shape index (κ1) is 9.87. The average molecular weight is 218 g/mol. The van der Waals surface area contributed by atoms with Crippen molar-refractivity contribution in [3.05, 3.63) is 64.9 Å². The molecule has 2 rings (SSSR count). The molecule has 0 spiro atoms. The minimum Gasteiger partial charge on any atom is -0.289 e. The van der Waals surface area contributed by atoms with E-state index in [2.05, 4.69) is 4.98 Å². The number of rotatable bonds is 2. The van der Waals surface area contributed by atoms with Gasteiger partial charge in [-0.2, -0.15) is 0 Å². The second-order valence-corrected chi connectivity index (χ2v) is 3.45. The van der Waals surface area contributed by atoms with Crippen LogP contribution in [-0.4, -0.2) is 10.8 Å². The fourth-order valence-corrected chi connectivity index (χ4v) is 1.53. The maximum atomic E-state index is 12.0. The molecule has 0 unspecified atom stereocenters. The Morgan fingerprint density at radius 3 is 2.40 bits per heavy atom. The van der Waals surface area contributed by atoms with E-state index in [4.69, 9.17) is 11.6 Å². The zero-order valence-electron chi connectivity index (χ0n) is 7.85. The lowest BCUT2D eigenvalue weighted by Gasteiger charge is -2.02. The molecule has 1 heterocycles. The van der Waals surface area contributed by atoms with E-state index in [1.807, 2.05) is 0 Å². The van der Waals surface area contributed by atoms with Crippen molar-refractivity contribution in [2.75, 3.05) is 0 Å². The van der Waals surface area contributed by atoms with Crippen molar-refractivity contribution in [1.29, 1.82) is 0 Å². The van der Waals surface area contributed by atoms with E-state index in [-0.39, 0.29) is 5.78 Å². The molecule has 2 aromatic rings. The third-order valence-corrected chi connectivity index (χ3v) is 2.39. The normalized spacial score (nSPS) is 9.93. The number of hydrogen-bond acceptors (Lipinski definition) is 2. The summed E-state index contributed by atoms with van der Waals surface area (Å²) in [4.78, 5) is 15.8. The zero-order chi connectivity index (χ0) is 10.7. The van der Waals surface area contributed by atoms with Gasteiger partial charge in [0, 0.05) is 23.5 Å². The molecule has 0 amide bonds. The van der Waals surface area contributed by atoms with Crippen molar-refractivity contribution in [2.45, 2.75) is 0 Å². The topological polar surface area (TPSA) is 30.0 Å². The van der Waals surface area contributed by atoms with Gasteiger partial charge in [0.15, 0.2) is 5.78 Å². The summed E-state index contributed by atoms with van der Waals surface area (Å²) in [6, 6.07) is 10.4. The third kappa shape index (κ3) is 2.05. The number of hydrogen-bond donors (Lipinski definition) is 0. The molecule has 15 heavy (non-hydrogen) atoms. The highest BCUT2D eigenvalue weighted by atomic mass is 35.5. The van der Waals surface area contributed by atoms with Gasteiger partial charge in [-0.15, -0.1) is 0 Å². The van der Waals surface area contributed by atoms with Gasteiger partial charge in [0.25, 0.3) is 0 Å². The molecule has 2 nitrogen and oxygen atoms in total. The average Bonchev–Trinajstić information content (AvgIpc) is 2.30. The van der Waals surface area contributed by atoms with E-state index in [0.29, 0.717) is 16.1 Å².